The van der Waals surface area contributed by atoms with Crippen LogP contribution in [0.5, 0.6) is 5.75 Å². The maximum absolute atomic E-state index is 13.8. The summed E-state index contributed by atoms with van der Waals surface area (Å²) in [7, 11) is 5.56. The van der Waals surface area contributed by atoms with Crippen LogP contribution in [-0.2, 0) is 13.0 Å². The molecule has 0 N–H and O–H groups in total. The van der Waals surface area contributed by atoms with Crippen molar-refractivity contribution in [2.24, 2.45) is 0 Å². The van der Waals surface area contributed by atoms with Gasteiger partial charge in [-0.1, -0.05) is 0 Å². The van der Waals surface area contributed by atoms with Crippen LogP contribution in [0.4, 0.5) is 4.39 Å². The number of imidazole rings is 1. The van der Waals surface area contributed by atoms with Crippen LogP contribution in [0.25, 0.3) is 11.0 Å². The summed E-state index contributed by atoms with van der Waals surface area (Å²) >= 11 is 5.85. The van der Waals surface area contributed by atoms with Gasteiger partial charge in [0.05, 0.1) is 18.1 Å². The third-order valence-corrected chi connectivity index (χ3v) is 3.59. The van der Waals surface area contributed by atoms with Crippen molar-refractivity contribution in [3.63, 3.8) is 0 Å². The lowest BCUT2D eigenvalue weighted by atomic mass is 10.2. The first kappa shape index (κ1) is 16.0. The number of ether oxygens (including phenoxy) is 1. The fourth-order valence-electron chi connectivity index (χ4n) is 2.40. The molecular weight excluding hydrogens is 293 g/mol. The van der Waals surface area contributed by atoms with Crippen molar-refractivity contribution in [2.45, 2.75) is 19.4 Å². The molecule has 0 unspecified atom stereocenters. The molecule has 0 bridgehead atoms. The number of fused-ring (bicyclic) bond motifs is 1. The van der Waals surface area contributed by atoms with Gasteiger partial charge < -0.3 is 14.2 Å². The molecule has 1 aromatic heterocycles. The van der Waals surface area contributed by atoms with Crippen LogP contribution in [-0.4, -0.2) is 48.1 Å². The fraction of sp³-hybridized carbons (Fsp3) is 0.533. The smallest absolute Gasteiger partial charge is 0.167 e. The summed E-state index contributed by atoms with van der Waals surface area (Å²) in [4.78, 5) is 6.65. The first-order valence-electron chi connectivity index (χ1n) is 7.00. The predicted octanol–water partition coefficient (Wildman–Crippen LogP) is 2.92. The normalized spacial score (nSPS) is 11.5. The second kappa shape index (κ2) is 7.09. The van der Waals surface area contributed by atoms with Gasteiger partial charge in [0, 0.05) is 31.0 Å². The molecule has 116 valence electrons. The van der Waals surface area contributed by atoms with Crippen molar-refractivity contribution in [1.29, 1.82) is 0 Å². The minimum atomic E-state index is -0.389. The van der Waals surface area contributed by atoms with Crippen molar-refractivity contribution in [2.75, 3.05) is 33.6 Å². The molecule has 0 fully saturated rings. The summed E-state index contributed by atoms with van der Waals surface area (Å²) < 4.78 is 21.0. The van der Waals surface area contributed by atoms with E-state index in [0.717, 1.165) is 30.9 Å². The standard InChI is InChI=1S/C15H21ClFN3O/c1-19(2)7-4-8-20-13-10-14(21-3)11(17)9-12(13)18-15(20)5-6-16/h9-10H,4-8H2,1-3H3. The number of hydrogen-bond acceptors (Lipinski definition) is 3. The van der Waals surface area contributed by atoms with Crippen molar-refractivity contribution in [1.82, 2.24) is 14.5 Å². The lowest BCUT2D eigenvalue weighted by molar-refractivity contribution is 0.384. The fourth-order valence-corrected chi connectivity index (χ4v) is 2.57. The number of aryl methyl sites for hydroxylation is 2. The lowest BCUT2D eigenvalue weighted by Gasteiger charge is -2.12. The Balaban J connectivity index is 2.39. The van der Waals surface area contributed by atoms with Gasteiger partial charge in [0.1, 0.15) is 5.82 Å². The van der Waals surface area contributed by atoms with E-state index in [4.69, 9.17) is 16.3 Å². The molecule has 2 rings (SSSR count). The van der Waals surface area contributed by atoms with Crippen molar-refractivity contribution >= 4 is 22.6 Å². The Kier molecular flexibility index (Phi) is 5.42. The van der Waals surface area contributed by atoms with Crippen LogP contribution >= 0.6 is 11.6 Å². The zero-order valence-corrected chi connectivity index (χ0v) is 13.5. The minimum Gasteiger partial charge on any atom is -0.494 e. The number of rotatable bonds is 7. The number of alkyl halides is 1. The van der Waals surface area contributed by atoms with Crippen molar-refractivity contribution < 1.29 is 9.13 Å². The lowest BCUT2D eigenvalue weighted by Crippen LogP contribution is -2.16. The van der Waals surface area contributed by atoms with E-state index in [1.165, 1.54) is 13.2 Å². The van der Waals surface area contributed by atoms with Crippen LogP contribution in [0.3, 0.4) is 0 Å². The van der Waals surface area contributed by atoms with Crippen LogP contribution < -0.4 is 4.74 Å². The van der Waals surface area contributed by atoms with E-state index >= 15 is 0 Å². The van der Waals surface area contributed by atoms with Crippen LogP contribution in [0.15, 0.2) is 12.1 Å². The monoisotopic (exact) mass is 313 g/mol. The number of hydrogen-bond donors (Lipinski definition) is 0. The number of aromatic nitrogens is 2. The molecule has 2 aromatic rings. The van der Waals surface area contributed by atoms with Crippen LogP contribution in [0.2, 0.25) is 0 Å². The van der Waals surface area contributed by atoms with Crippen LogP contribution in [0, 0.1) is 5.82 Å². The zero-order valence-electron chi connectivity index (χ0n) is 12.7. The van der Waals surface area contributed by atoms with E-state index in [9.17, 15) is 4.39 Å². The molecule has 4 nitrogen and oxygen atoms in total. The summed E-state index contributed by atoms with van der Waals surface area (Å²) in [5.41, 5.74) is 1.55. The van der Waals surface area contributed by atoms with Gasteiger partial charge in [-0.05, 0) is 27.1 Å². The molecular formula is C15H21ClFN3O. The molecule has 0 aliphatic heterocycles. The predicted molar refractivity (Wildman–Crippen MR) is 83.8 cm³/mol. The Hall–Kier alpha value is -1.33. The van der Waals surface area contributed by atoms with Gasteiger partial charge in [0.15, 0.2) is 11.6 Å². The SMILES string of the molecule is COc1cc2c(cc1F)nc(CCCl)n2CCCN(C)C. The van der Waals surface area contributed by atoms with Crippen LogP contribution in [0.1, 0.15) is 12.2 Å². The first-order valence-corrected chi connectivity index (χ1v) is 7.53. The van der Waals surface area contributed by atoms with Gasteiger partial charge in [-0.25, -0.2) is 9.37 Å². The number of methoxy groups -OCH3 is 1. The Morgan fingerprint density at radius 3 is 2.76 bits per heavy atom. The maximum atomic E-state index is 13.8. The molecule has 0 saturated heterocycles. The van der Waals surface area contributed by atoms with Gasteiger partial charge in [0.2, 0.25) is 0 Å². The topological polar surface area (TPSA) is 30.3 Å². The molecule has 0 aliphatic carbocycles. The van der Waals surface area contributed by atoms with Gasteiger partial charge in [-0.2, -0.15) is 0 Å². The highest BCUT2D eigenvalue weighted by molar-refractivity contribution is 6.17. The zero-order chi connectivity index (χ0) is 15.4. The molecule has 0 saturated carbocycles. The Labute approximate surface area is 129 Å². The van der Waals surface area contributed by atoms with Gasteiger partial charge in [0.25, 0.3) is 0 Å². The molecule has 6 heteroatoms. The van der Waals surface area contributed by atoms with E-state index in [-0.39, 0.29) is 11.6 Å². The number of benzene rings is 1. The Bertz CT molecular complexity index is 612. The van der Waals surface area contributed by atoms with Gasteiger partial charge >= 0.3 is 0 Å². The second-order valence-corrected chi connectivity index (χ2v) is 5.63. The molecule has 0 aliphatic rings. The number of nitrogens with zero attached hydrogens (tertiary/aromatic N) is 3. The third-order valence-electron chi connectivity index (χ3n) is 3.41. The van der Waals surface area contributed by atoms with E-state index < -0.39 is 0 Å². The molecule has 0 radical (unpaired) electrons. The molecule has 0 atom stereocenters. The highest BCUT2D eigenvalue weighted by Crippen LogP contribution is 2.26. The second-order valence-electron chi connectivity index (χ2n) is 5.25. The highest BCUT2D eigenvalue weighted by atomic mass is 35.5. The van der Waals surface area contributed by atoms with E-state index in [1.54, 1.807) is 6.07 Å². The molecule has 0 spiro atoms. The van der Waals surface area contributed by atoms with Gasteiger partial charge in [-0.3, -0.25) is 0 Å². The number of halogens is 2. The third kappa shape index (κ3) is 3.66. The van der Waals surface area contributed by atoms with Crippen molar-refractivity contribution in [3.05, 3.63) is 23.8 Å². The summed E-state index contributed by atoms with van der Waals surface area (Å²) in [6.07, 6.45) is 1.66. The van der Waals surface area contributed by atoms with E-state index in [1.807, 2.05) is 14.1 Å². The van der Waals surface area contributed by atoms with E-state index in [0.29, 0.717) is 17.8 Å². The largest absolute Gasteiger partial charge is 0.494 e. The quantitative estimate of drug-likeness (QED) is 0.736. The maximum Gasteiger partial charge on any atom is 0.167 e. The highest BCUT2D eigenvalue weighted by Gasteiger charge is 2.14. The first-order chi connectivity index (χ1) is 10.1. The molecule has 0 amide bonds. The molecule has 1 heterocycles. The summed E-state index contributed by atoms with van der Waals surface area (Å²) in [6, 6.07) is 3.14. The average Bonchev–Trinajstić information content (AvgIpc) is 2.75. The summed E-state index contributed by atoms with van der Waals surface area (Å²) in [6.45, 7) is 1.81. The Morgan fingerprint density at radius 2 is 2.14 bits per heavy atom. The minimum absolute atomic E-state index is 0.244. The van der Waals surface area contributed by atoms with Gasteiger partial charge in [-0.15, -0.1) is 11.6 Å². The average molecular weight is 314 g/mol. The van der Waals surface area contributed by atoms with E-state index in [2.05, 4.69) is 14.5 Å². The van der Waals surface area contributed by atoms with Crippen molar-refractivity contribution in [3.8, 4) is 5.75 Å². The summed E-state index contributed by atoms with van der Waals surface area (Å²) in [5.74, 6) is 1.25. The Morgan fingerprint density at radius 1 is 1.38 bits per heavy atom. The summed E-state index contributed by atoms with van der Waals surface area (Å²) in [5, 5.41) is 0. The molecule has 1 aromatic carbocycles. The molecule has 21 heavy (non-hydrogen) atoms.